The molecule has 0 fully saturated rings. The van der Waals surface area contributed by atoms with Crippen molar-refractivity contribution >= 4 is 39.1 Å². The summed E-state index contributed by atoms with van der Waals surface area (Å²) in [6.07, 6.45) is 5.49. The van der Waals surface area contributed by atoms with E-state index in [9.17, 15) is 4.79 Å². The van der Waals surface area contributed by atoms with Crippen LogP contribution in [0.25, 0.3) is 55.2 Å². The number of nitrogens with zero attached hydrogens (tertiary/aromatic N) is 4. The minimum atomic E-state index is 0.0657. The van der Waals surface area contributed by atoms with Crippen LogP contribution < -0.4 is 5.32 Å². The number of pyridine rings is 2. The molecule has 6 rings (SSSR count). The van der Waals surface area contributed by atoms with E-state index in [1.54, 1.807) is 13.1 Å². The van der Waals surface area contributed by atoms with Crippen molar-refractivity contribution in [2.45, 2.75) is 20.4 Å². The molecular weight excluding hydrogens is 470 g/mol. The van der Waals surface area contributed by atoms with Gasteiger partial charge in [0.2, 0.25) is 0 Å². The smallest absolute Gasteiger partial charge is 0.169 e. The Hall–Kier alpha value is -4.21. The third-order valence-corrected chi connectivity index (χ3v) is 7.29. The van der Waals surface area contributed by atoms with Gasteiger partial charge in [-0.25, -0.2) is 4.98 Å². The molecule has 178 valence electrons. The first kappa shape index (κ1) is 22.3. The molecule has 5 aromatic heterocycles. The summed E-state index contributed by atoms with van der Waals surface area (Å²) >= 11 is 1.48. The van der Waals surface area contributed by atoms with E-state index in [4.69, 9.17) is 4.98 Å². The van der Waals surface area contributed by atoms with Crippen molar-refractivity contribution in [3.8, 4) is 33.2 Å². The molecule has 0 spiro atoms. The number of imidazole rings is 1. The van der Waals surface area contributed by atoms with Crippen LogP contribution in [0.15, 0.2) is 61.1 Å². The van der Waals surface area contributed by atoms with Gasteiger partial charge in [-0.05, 0) is 49.4 Å². The number of nitrogens with one attached hydrogen (secondary N) is 3. The number of aromatic nitrogens is 6. The molecule has 0 bridgehead atoms. The average Bonchev–Trinajstić information content (AvgIpc) is 3.64. The maximum atomic E-state index is 11.8. The lowest BCUT2D eigenvalue weighted by Crippen LogP contribution is -2.11. The van der Waals surface area contributed by atoms with Crippen molar-refractivity contribution < 1.29 is 4.79 Å². The van der Waals surface area contributed by atoms with Crippen LogP contribution in [0, 0.1) is 0 Å². The summed E-state index contributed by atoms with van der Waals surface area (Å²) in [5, 5.41) is 11.9. The second kappa shape index (κ2) is 9.10. The summed E-state index contributed by atoms with van der Waals surface area (Å²) in [6.45, 7) is 5.33. The minimum absolute atomic E-state index is 0.0657. The van der Waals surface area contributed by atoms with E-state index < -0.39 is 0 Å². The largest absolute Gasteiger partial charge is 0.337 e. The van der Waals surface area contributed by atoms with Gasteiger partial charge in [-0.3, -0.25) is 19.9 Å². The van der Waals surface area contributed by atoms with Crippen molar-refractivity contribution in [1.29, 1.82) is 0 Å². The number of Topliss-reactive ketones (excluding diaryl/α,β-unsaturated/α-hetero) is 1. The molecule has 0 unspecified atom stereocenters. The summed E-state index contributed by atoms with van der Waals surface area (Å²) in [5.41, 5.74) is 7.17. The van der Waals surface area contributed by atoms with Crippen LogP contribution in [0.4, 0.5) is 0 Å². The number of hydrogen-bond donors (Lipinski definition) is 3. The SMILES string of the molecule is CCNCc1cncc(-c2cc3c(-c4nc5c(-c6ccc(C(C)=O)s6)cccc5[nH]4)n[nH]c3cn2)c1. The van der Waals surface area contributed by atoms with E-state index in [2.05, 4.69) is 43.5 Å². The number of para-hydroxylation sites is 1. The predicted octanol–water partition coefficient (Wildman–Crippen LogP) is 5.60. The van der Waals surface area contributed by atoms with Gasteiger partial charge < -0.3 is 10.3 Å². The Kier molecular flexibility index (Phi) is 5.63. The highest BCUT2D eigenvalue weighted by Gasteiger charge is 2.17. The van der Waals surface area contributed by atoms with Crippen molar-refractivity contribution in [3.05, 3.63) is 71.5 Å². The molecule has 6 aromatic rings. The molecule has 0 aliphatic rings. The first-order valence-corrected chi connectivity index (χ1v) is 12.5. The van der Waals surface area contributed by atoms with Gasteiger partial charge in [0.1, 0.15) is 5.69 Å². The zero-order valence-electron chi connectivity index (χ0n) is 19.8. The van der Waals surface area contributed by atoms with Crippen molar-refractivity contribution in [2.75, 3.05) is 6.54 Å². The Bertz CT molecular complexity index is 1730. The number of hydrogen-bond acceptors (Lipinski definition) is 7. The Balaban J connectivity index is 1.42. The number of ketones is 1. The zero-order valence-corrected chi connectivity index (χ0v) is 20.6. The maximum absolute atomic E-state index is 11.8. The molecule has 1 aromatic carbocycles. The van der Waals surface area contributed by atoms with Crippen LogP contribution >= 0.6 is 11.3 Å². The summed E-state index contributed by atoms with van der Waals surface area (Å²) in [5.74, 6) is 0.735. The topological polar surface area (TPSA) is 112 Å². The molecule has 8 nitrogen and oxygen atoms in total. The average molecular weight is 494 g/mol. The van der Waals surface area contributed by atoms with Crippen molar-refractivity contribution in [1.82, 2.24) is 35.5 Å². The third kappa shape index (κ3) is 3.98. The Labute approximate surface area is 210 Å². The highest BCUT2D eigenvalue weighted by atomic mass is 32.1. The van der Waals surface area contributed by atoms with E-state index in [0.717, 1.165) is 72.9 Å². The summed E-state index contributed by atoms with van der Waals surface area (Å²) < 4.78 is 0. The fourth-order valence-electron chi connectivity index (χ4n) is 4.26. The van der Waals surface area contributed by atoms with Crippen molar-refractivity contribution in [3.63, 3.8) is 0 Å². The molecular formula is C27H23N7OS. The molecule has 3 N–H and O–H groups in total. The second-order valence-electron chi connectivity index (χ2n) is 8.56. The molecule has 9 heteroatoms. The lowest BCUT2D eigenvalue weighted by molar-refractivity contribution is 0.102. The van der Waals surface area contributed by atoms with Gasteiger partial charge >= 0.3 is 0 Å². The fourth-order valence-corrected chi connectivity index (χ4v) is 5.19. The number of aromatic amines is 2. The number of carbonyl (C=O) groups is 1. The minimum Gasteiger partial charge on any atom is -0.337 e. The second-order valence-corrected chi connectivity index (χ2v) is 9.64. The number of benzene rings is 1. The van der Waals surface area contributed by atoms with Crippen LogP contribution in [-0.2, 0) is 6.54 Å². The summed E-state index contributed by atoms with van der Waals surface area (Å²) in [4.78, 5) is 30.9. The van der Waals surface area contributed by atoms with Crippen LogP contribution in [0.3, 0.4) is 0 Å². The Morgan fingerprint density at radius 3 is 2.83 bits per heavy atom. The highest BCUT2D eigenvalue weighted by molar-refractivity contribution is 7.17. The van der Waals surface area contributed by atoms with Crippen LogP contribution in [0.1, 0.15) is 29.1 Å². The number of carbonyl (C=O) groups excluding carboxylic acids is 1. The lowest BCUT2D eigenvalue weighted by Gasteiger charge is -2.05. The monoisotopic (exact) mass is 493 g/mol. The van der Waals surface area contributed by atoms with E-state index in [-0.39, 0.29) is 5.78 Å². The molecule has 0 saturated carbocycles. The molecule has 0 amide bonds. The summed E-state index contributed by atoms with van der Waals surface area (Å²) in [7, 11) is 0. The summed E-state index contributed by atoms with van der Waals surface area (Å²) in [6, 6.07) is 14.0. The van der Waals surface area contributed by atoms with Gasteiger partial charge in [0.05, 0.1) is 33.3 Å². The molecule has 0 radical (unpaired) electrons. The fraction of sp³-hybridized carbons (Fsp3) is 0.148. The van der Waals surface area contributed by atoms with Gasteiger partial charge in [-0.2, -0.15) is 5.10 Å². The highest BCUT2D eigenvalue weighted by Crippen LogP contribution is 2.35. The van der Waals surface area contributed by atoms with E-state index in [1.807, 2.05) is 48.8 Å². The predicted molar refractivity (Wildman–Crippen MR) is 143 cm³/mol. The van der Waals surface area contributed by atoms with Gasteiger partial charge in [-0.1, -0.05) is 19.1 Å². The van der Waals surface area contributed by atoms with Gasteiger partial charge in [-0.15, -0.1) is 11.3 Å². The molecule has 0 atom stereocenters. The van der Waals surface area contributed by atoms with Crippen LogP contribution in [0.2, 0.25) is 0 Å². The van der Waals surface area contributed by atoms with Gasteiger partial charge in [0.25, 0.3) is 0 Å². The Morgan fingerprint density at radius 1 is 1.08 bits per heavy atom. The number of rotatable bonds is 7. The van der Waals surface area contributed by atoms with Crippen LogP contribution in [-0.4, -0.2) is 42.5 Å². The molecule has 0 aliphatic heterocycles. The number of fused-ring (bicyclic) bond motifs is 2. The quantitative estimate of drug-likeness (QED) is 0.249. The lowest BCUT2D eigenvalue weighted by atomic mass is 10.1. The number of thiophene rings is 1. The van der Waals surface area contributed by atoms with Crippen molar-refractivity contribution in [2.24, 2.45) is 0 Å². The molecule has 0 aliphatic carbocycles. The maximum Gasteiger partial charge on any atom is 0.169 e. The standard InChI is InChI=1S/C27H23N7OS/c1-3-28-11-16-9-17(13-29-12-16)21-10-19-22(14-30-21)33-34-26(19)27-31-20-6-4-5-18(25(20)32-27)24-8-7-23(36-24)15(2)35/h4-10,12-14,28H,3,11H2,1-2H3,(H,31,32)(H,33,34). The van der Waals surface area contributed by atoms with Gasteiger partial charge in [0.15, 0.2) is 11.6 Å². The zero-order chi connectivity index (χ0) is 24.6. The first-order chi connectivity index (χ1) is 17.6. The van der Waals surface area contributed by atoms with Crippen LogP contribution in [0.5, 0.6) is 0 Å². The normalized spacial score (nSPS) is 11.5. The molecule has 36 heavy (non-hydrogen) atoms. The number of H-pyrrole nitrogens is 2. The Morgan fingerprint density at radius 2 is 2.00 bits per heavy atom. The first-order valence-electron chi connectivity index (χ1n) is 11.7. The van der Waals surface area contributed by atoms with E-state index >= 15 is 0 Å². The molecule has 5 heterocycles. The third-order valence-electron chi connectivity index (χ3n) is 6.07. The van der Waals surface area contributed by atoms with Gasteiger partial charge in [0, 0.05) is 40.3 Å². The van der Waals surface area contributed by atoms with E-state index in [0.29, 0.717) is 5.82 Å². The van der Waals surface area contributed by atoms with E-state index in [1.165, 1.54) is 11.3 Å². The molecule has 0 saturated heterocycles.